The largest absolute Gasteiger partial charge is 0.348 e. The molecule has 1 heterocycles. The maximum Gasteiger partial charge on any atom is 0.253 e. The minimum atomic E-state index is -0.335. The van der Waals surface area contributed by atoms with Crippen LogP contribution in [0.4, 0.5) is 4.39 Å². The summed E-state index contributed by atoms with van der Waals surface area (Å²) in [5.74, 6) is -0.589. The van der Waals surface area contributed by atoms with Gasteiger partial charge in [0.25, 0.3) is 5.91 Å². The zero-order chi connectivity index (χ0) is 13.8. The Hall–Kier alpha value is -1.27. The average Bonchev–Trinajstić information content (AvgIpc) is 2.40. The van der Waals surface area contributed by atoms with Gasteiger partial charge in [-0.1, -0.05) is 15.9 Å². The van der Waals surface area contributed by atoms with Crippen molar-refractivity contribution in [1.29, 1.82) is 0 Å². The molecule has 0 fully saturated rings. The van der Waals surface area contributed by atoms with Crippen LogP contribution in [0.15, 0.2) is 45.6 Å². The monoisotopic (exact) mass is 386 g/mol. The quantitative estimate of drug-likeness (QED) is 0.816. The van der Waals surface area contributed by atoms with Crippen LogP contribution < -0.4 is 5.32 Å². The van der Waals surface area contributed by atoms with Crippen molar-refractivity contribution < 1.29 is 9.18 Å². The summed E-state index contributed by atoms with van der Waals surface area (Å²) >= 11 is 6.51. The van der Waals surface area contributed by atoms with E-state index in [1.165, 1.54) is 18.3 Å². The van der Waals surface area contributed by atoms with Crippen molar-refractivity contribution in [2.24, 2.45) is 0 Å². The summed E-state index contributed by atoms with van der Waals surface area (Å²) in [6, 6.07) is 7.69. The third-order valence-corrected chi connectivity index (χ3v) is 3.68. The Kier molecular flexibility index (Phi) is 4.66. The molecule has 1 amide bonds. The predicted octanol–water partition coefficient (Wildman–Crippen LogP) is 3.68. The predicted molar refractivity (Wildman–Crippen MR) is 77.2 cm³/mol. The van der Waals surface area contributed by atoms with E-state index in [0.29, 0.717) is 15.7 Å². The Morgan fingerprint density at radius 3 is 2.74 bits per heavy atom. The van der Waals surface area contributed by atoms with E-state index in [-0.39, 0.29) is 18.3 Å². The van der Waals surface area contributed by atoms with Crippen molar-refractivity contribution >= 4 is 37.8 Å². The third kappa shape index (κ3) is 3.84. The molecule has 0 radical (unpaired) electrons. The fraction of sp³-hybridized carbons (Fsp3) is 0.0769. The Labute approximate surface area is 126 Å². The lowest BCUT2D eigenvalue weighted by Gasteiger charge is -2.07. The summed E-state index contributed by atoms with van der Waals surface area (Å²) in [4.78, 5) is 15.8. The summed E-state index contributed by atoms with van der Waals surface area (Å²) < 4.78 is 14.5. The molecule has 19 heavy (non-hydrogen) atoms. The molecule has 1 aromatic heterocycles. The van der Waals surface area contributed by atoms with Crippen molar-refractivity contribution in [2.75, 3.05) is 0 Å². The molecule has 0 atom stereocenters. The van der Waals surface area contributed by atoms with Gasteiger partial charge in [-0.05, 0) is 51.8 Å². The molecule has 1 aromatic carbocycles. The van der Waals surface area contributed by atoms with Crippen molar-refractivity contribution in [3.8, 4) is 0 Å². The fourth-order valence-corrected chi connectivity index (χ4v) is 2.09. The lowest BCUT2D eigenvalue weighted by molar-refractivity contribution is 0.0950. The van der Waals surface area contributed by atoms with E-state index >= 15 is 0 Å². The Bertz CT molecular complexity index is 602. The lowest BCUT2D eigenvalue weighted by atomic mass is 10.2. The number of hydrogen-bond acceptors (Lipinski definition) is 2. The van der Waals surface area contributed by atoms with Crippen LogP contribution in [0.5, 0.6) is 0 Å². The Morgan fingerprint density at radius 1 is 1.26 bits per heavy atom. The van der Waals surface area contributed by atoms with Gasteiger partial charge in [-0.2, -0.15) is 0 Å². The van der Waals surface area contributed by atoms with Crippen LogP contribution in [0.25, 0.3) is 0 Å². The molecule has 2 rings (SSSR count). The van der Waals surface area contributed by atoms with Gasteiger partial charge in [0.05, 0.1) is 5.56 Å². The molecule has 1 N–H and O–H groups in total. The van der Waals surface area contributed by atoms with Gasteiger partial charge < -0.3 is 5.32 Å². The highest BCUT2D eigenvalue weighted by atomic mass is 79.9. The molecule has 0 aliphatic carbocycles. The summed E-state index contributed by atoms with van der Waals surface area (Å²) in [6.45, 7) is 0.243. The second kappa shape index (κ2) is 6.25. The minimum Gasteiger partial charge on any atom is -0.348 e. The highest BCUT2D eigenvalue weighted by Gasteiger charge is 2.07. The number of carbonyl (C=O) groups is 1. The van der Waals surface area contributed by atoms with Crippen LogP contribution in [0.2, 0.25) is 0 Å². The van der Waals surface area contributed by atoms with Gasteiger partial charge in [-0.25, -0.2) is 9.37 Å². The van der Waals surface area contributed by atoms with Crippen LogP contribution in [-0.4, -0.2) is 10.9 Å². The third-order valence-electron chi connectivity index (χ3n) is 2.44. The number of carbonyl (C=O) groups excluding carboxylic acids is 1. The van der Waals surface area contributed by atoms with Crippen molar-refractivity contribution in [1.82, 2.24) is 10.3 Å². The smallest absolute Gasteiger partial charge is 0.253 e. The van der Waals surface area contributed by atoms with Gasteiger partial charge in [0.2, 0.25) is 0 Å². The molecule has 0 saturated heterocycles. The van der Waals surface area contributed by atoms with Crippen LogP contribution in [0.3, 0.4) is 0 Å². The summed E-state index contributed by atoms with van der Waals surface area (Å²) in [7, 11) is 0. The standard InChI is InChI=1S/C13H9Br2FN2O/c14-11-3-2-10(16)5-9(11)7-18-13(19)8-1-4-12(15)17-6-8/h1-6H,7H2,(H,18,19). The first kappa shape index (κ1) is 14.1. The van der Waals surface area contributed by atoms with Gasteiger partial charge in [0, 0.05) is 17.2 Å². The zero-order valence-electron chi connectivity index (χ0n) is 9.66. The van der Waals surface area contributed by atoms with Crippen molar-refractivity contribution in [3.63, 3.8) is 0 Å². The SMILES string of the molecule is O=C(NCc1cc(F)ccc1Br)c1ccc(Br)nc1. The van der Waals surface area contributed by atoms with E-state index in [1.54, 1.807) is 18.2 Å². The molecule has 2 aromatic rings. The first-order valence-electron chi connectivity index (χ1n) is 5.40. The number of nitrogens with zero attached hydrogens (tertiary/aromatic N) is 1. The molecule has 6 heteroatoms. The topological polar surface area (TPSA) is 42.0 Å². The zero-order valence-corrected chi connectivity index (χ0v) is 12.8. The van der Waals surface area contributed by atoms with Crippen LogP contribution in [0.1, 0.15) is 15.9 Å². The van der Waals surface area contributed by atoms with Gasteiger partial charge >= 0.3 is 0 Å². The second-order valence-corrected chi connectivity index (χ2v) is 5.45. The van der Waals surface area contributed by atoms with E-state index in [9.17, 15) is 9.18 Å². The van der Waals surface area contributed by atoms with E-state index in [2.05, 4.69) is 42.2 Å². The maximum atomic E-state index is 13.1. The van der Waals surface area contributed by atoms with E-state index in [0.717, 1.165) is 4.47 Å². The highest BCUT2D eigenvalue weighted by molar-refractivity contribution is 9.10. The van der Waals surface area contributed by atoms with E-state index in [1.807, 2.05) is 0 Å². The number of amides is 1. The molecule has 98 valence electrons. The average molecular weight is 388 g/mol. The molecule has 0 saturated carbocycles. The summed E-state index contributed by atoms with van der Waals surface area (Å²) in [5, 5.41) is 2.71. The van der Waals surface area contributed by atoms with Crippen LogP contribution in [0, 0.1) is 5.82 Å². The molecule has 3 nitrogen and oxygen atoms in total. The lowest BCUT2D eigenvalue weighted by Crippen LogP contribution is -2.23. The molecule has 0 aliphatic heterocycles. The first-order chi connectivity index (χ1) is 9.06. The second-order valence-electron chi connectivity index (χ2n) is 3.79. The number of halogens is 3. The van der Waals surface area contributed by atoms with Gasteiger partial charge in [0.1, 0.15) is 10.4 Å². The first-order valence-corrected chi connectivity index (χ1v) is 6.98. The number of nitrogens with one attached hydrogen (secondary N) is 1. The molecule has 0 unspecified atom stereocenters. The molecular formula is C13H9Br2FN2O. The highest BCUT2D eigenvalue weighted by Crippen LogP contribution is 2.17. The fourth-order valence-electron chi connectivity index (χ4n) is 1.47. The van der Waals surface area contributed by atoms with E-state index < -0.39 is 0 Å². The molecule has 0 aliphatic rings. The van der Waals surface area contributed by atoms with Crippen molar-refractivity contribution in [2.45, 2.75) is 6.54 Å². The van der Waals surface area contributed by atoms with Crippen molar-refractivity contribution in [3.05, 3.63) is 62.5 Å². The van der Waals surface area contributed by atoms with Crippen LogP contribution >= 0.6 is 31.9 Å². The number of benzene rings is 1. The molecule has 0 bridgehead atoms. The van der Waals surface area contributed by atoms with Gasteiger partial charge in [0.15, 0.2) is 0 Å². The van der Waals surface area contributed by atoms with Crippen LogP contribution in [-0.2, 0) is 6.54 Å². The Balaban J connectivity index is 2.04. The Morgan fingerprint density at radius 2 is 2.05 bits per heavy atom. The number of pyridine rings is 1. The number of hydrogen-bond donors (Lipinski definition) is 1. The molecule has 0 spiro atoms. The number of aromatic nitrogens is 1. The summed E-state index contributed by atoms with van der Waals surface area (Å²) in [6.07, 6.45) is 1.47. The van der Waals surface area contributed by atoms with Gasteiger partial charge in [-0.3, -0.25) is 4.79 Å². The summed E-state index contributed by atoms with van der Waals surface area (Å²) in [5.41, 5.74) is 1.13. The number of rotatable bonds is 3. The van der Waals surface area contributed by atoms with Gasteiger partial charge in [-0.15, -0.1) is 0 Å². The molecular weight excluding hydrogens is 379 g/mol. The maximum absolute atomic E-state index is 13.1. The normalized spacial score (nSPS) is 10.3. The van der Waals surface area contributed by atoms with E-state index in [4.69, 9.17) is 0 Å². The minimum absolute atomic E-state index is 0.243.